The Morgan fingerprint density at radius 1 is 0.895 bits per heavy atom. The second kappa shape index (κ2) is 8.59. The monoisotopic (exact) mass is 560 g/mol. The largest absolute Gasteiger partial charge is 0.465 e. The molecule has 0 aromatic rings. The Morgan fingerprint density at radius 3 is 1.97 bits per heavy atom. The zero-order chi connectivity index (χ0) is 27.3. The summed E-state index contributed by atoms with van der Waals surface area (Å²) in [6.07, 6.45) is 6.70. The Bertz CT molecular complexity index is 1110. The molecular formula is C26H34F2O9S. The van der Waals surface area contributed by atoms with Crippen LogP contribution in [0.25, 0.3) is 0 Å². The summed E-state index contributed by atoms with van der Waals surface area (Å²) in [5.74, 6) is -2.01. The van der Waals surface area contributed by atoms with Crippen LogP contribution in [0.1, 0.15) is 71.1 Å². The van der Waals surface area contributed by atoms with Crippen molar-refractivity contribution in [3.63, 3.8) is 0 Å². The normalized spacial score (nSPS) is 44.6. The van der Waals surface area contributed by atoms with Gasteiger partial charge in [-0.25, -0.2) is 9.59 Å². The molecule has 0 aliphatic heterocycles. The first-order valence-electron chi connectivity index (χ1n) is 13.6. The molecule has 1 N–H and O–H groups in total. The van der Waals surface area contributed by atoms with Crippen molar-refractivity contribution in [2.24, 2.45) is 46.8 Å². The number of halogens is 2. The number of hydrogen-bond donors (Lipinski definition) is 1. The highest BCUT2D eigenvalue weighted by Crippen LogP contribution is 2.62. The van der Waals surface area contributed by atoms with Crippen molar-refractivity contribution in [2.75, 3.05) is 6.61 Å². The van der Waals surface area contributed by atoms with E-state index in [2.05, 4.69) is 0 Å². The highest BCUT2D eigenvalue weighted by Gasteiger charge is 2.63. The van der Waals surface area contributed by atoms with Crippen LogP contribution in [0.2, 0.25) is 0 Å². The van der Waals surface area contributed by atoms with Gasteiger partial charge in [-0.1, -0.05) is 0 Å². The molecule has 38 heavy (non-hydrogen) atoms. The van der Waals surface area contributed by atoms with Crippen LogP contribution in [-0.4, -0.2) is 54.4 Å². The van der Waals surface area contributed by atoms with E-state index in [4.69, 9.17) is 18.8 Å². The molecule has 9 nitrogen and oxygen atoms in total. The fraction of sp³-hybridized carbons (Fsp3) is 0.885. The molecular weight excluding hydrogens is 526 g/mol. The molecule has 0 saturated heterocycles. The molecule has 8 saturated carbocycles. The van der Waals surface area contributed by atoms with Gasteiger partial charge in [0.15, 0.2) is 6.61 Å². The van der Waals surface area contributed by atoms with E-state index in [1.165, 1.54) is 6.42 Å². The minimum absolute atomic E-state index is 0.107. The molecule has 212 valence electrons. The first-order chi connectivity index (χ1) is 17.7. The van der Waals surface area contributed by atoms with Crippen LogP contribution >= 0.6 is 0 Å². The average molecular weight is 561 g/mol. The van der Waals surface area contributed by atoms with Gasteiger partial charge >= 0.3 is 33.3 Å². The quantitative estimate of drug-likeness (QED) is 0.282. The lowest BCUT2D eigenvalue weighted by Gasteiger charge is -2.59. The van der Waals surface area contributed by atoms with Crippen molar-refractivity contribution in [3.05, 3.63) is 0 Å². The Labute approximate surface area is 220 Å². The summed E-state index contributed by atoms with van der Waals surface area (Å²) in [6, 6.07) is 0. The van der Waals surface area contributed by atoms with Gasteiger partial charge in [-0.15, -0.1) is 0 Å². The Morgan fingerprint density at radius 2 is 1.45 bits per heavy atom. The lowest BCUT2D eigenvalue weighted by molar-refractivity contribution is -0.213. The lowest BCUT2D eigenvalue weighted by atomic mass is 9.48. The van der Waals surface area contributed by atoms with Crippen molar-refractivity contribution in [1.82, 2.24) is 0 Å². The maximum absolute atomic E-state index is 13.8. The van der Waals surface area contributed by atoms with Crippen LogP contribution in [0, 0.1) is 46.8 Å². The summed E-state index contributed by atoms with van der Waals surface area (Å²) >= 11 is 0. The highest BCUT2D eigenvalue weighted by molar-refractivity contribution is 7.87. The van der Waals surface area contributed by atoms with Crippen LogP contribution in [0.4, 0.5) is 8.78 Å². The van der Waals surface area contributed by atoms with E-state index in [1.54, 1.807) is 0 Å². The Hall–Kier alpha value is -1.82. The molecule has 0 aromatic heterocycles. The van der Waals surface area contributed by atoms with E-state index in [9.17, 15) is 31.6 Å². The molecule has 0 spiro atoms. The molecule has 0 aromatic carbocycles. The summed E-state index contributed by atoms with van der Waals surface area (Å²) in [6.45, 7) is 1.54. The fourth-order valence-electron chi connectivity index (χ4n) is 9.56. The molecule has 0 amide bonds. The van der Waals surface area contributed by atoms with E-state index in [0.717, 1.165) is 37.5 Å². The van der Waals surface area contributed by atoms with Crippen LogP contribution in [-0.2, 0) is 38.7 Å². The van der Waals surface area contributed by atoms with Gasteiger partial charge in [0, 0.05) is 0 Å². The van der Waals surface area contributed by atoms with Crippen LogP contribution in [0.15, 0.2) is 0 Å². The van der Waals surface area contributed by atoms with Gasteiger partial charge in [-0.2, -0.15) is 17.2 Å². The van der Waals surface area contributed by atoms with Crippen LogP contribution in [0.3, 0.4) is 0 Å². The number of carbonyl (C=O) groups is 3. The van der Waals surface area contributed by atoms with Crippen molar-refractivity contribution >= 4 is 28.0 Å². The Kier molecular flexibility index (Phi) is 5.97. The molecule has 0 radical (unpaired) electrons. The molecule has 0 heterocycles. The third-order valence-electron chi connectivity index (χ3n) is 10.8. The topological polar surface area (TPSA) is 133 Å². The van der Waals surface area contributed by atoms with Gasteiger partial charge in [0.2, 0.25) is 0 Å². The lowest BCUT2D eigenvalue weighted by Crippen LogP contribution is -2.59. The van der Waals surface area contributed by atoms with Crippen molar-refractivity contribution in [3.8, 4) is 0 Å². The number of ether oxygens (including phenoxy) is 3. The molecule has 8 aliphatic rings. The maximum atomic E-state index is 13.8. The van der Waals surface area contributed by atoms with Gasteiger partial charge in [0.25, 0.3) is 0 Å². The van der Waals surface area contributed by atoms with Crippen molar-refractivity contribution < 1.29 is 50.3 Å². The third-order valence-corrected chi connectivity index (χ3v) is 11.7. The molecule has 12 heteroatoms. The number of esters is 3. The molecule has 2 atom stereocenters. The number of carbonyl (C=O) groups excluding carboxylic acids is 3. The van der Waals surface area contributed by atoms with Gasteiger partial charge in [-0.05, 0) is 113 Å². The minimum atomic E-state index is -5.97. The summed E-state index contributed by atoms with van der Waals surface area (Å²) in [7, 11) is -5.97. The van der Waals surface area contributed by atoms with Crippen molar-refractivity contribution in [2.45, 2.75) is 88.1 Å². The van der Waals surface area contributed by atoms with Gasteiger partial charge in [0.05, 0.1) is 5.41 Å². The summed E-state index contributed by atoms with van der Waals surface area (Å²) in [5.41, 5.74) is -1.43. The van der Waals surface area contributed by atoms with E-state index >= 15 is 0 Å². The zero-order valence-electron chi connectivity index (χ0n) is 21.3. The summed E-state index contributed by atoms with van der Waals surface area (Å²) in [5, 5.41) is -5.06. The summed E-state index contributed by atoms with van der Waals surface area (Å²) in [4.78, 5) is 38.0. The van der Waals surface area contributed by atoms with Crippen LogP contribution < -0.4 is 0 Å². The smallest absolute Gasteiger partial charge is 0.456 e. The predicted molar refractivity (Wildman–Crippen MR) is 125 cm³/mol. The van der Waals surface area contributed by atoms with E-state index in [1.807, 2.05) is 6.92 Å². The third kappa shape index (κ3) is 4.07. The standard InChI is InChI=1S/C26H34F2O9S/c1-24(18-5-13-2-14(7-18)8-19(24)6-13)37-20(29)12-35-22(30)25-9-15-3-16(10-25)21(17(4-15)11-25)36-23(31)26(27,28)38(32,33)34/h13-19,21H,2-12H2,1H3,(H,32,33,34). The summed E-state index contributed by atoms with van der Waals surface area (Å²) < 4.78 is 74.6. The Balaban J connectivity index is 1.07. The first-order valence-corrected chi connectivity index (χ1v) is 15.1. The molecule has 2 unspecified atom stereocenters. The van der Waals surface area contributed by atoms with Crippen LogP contribution in [0.5, 0.6) is 0 Å². The van der Waals surface area contributed by atoms with E-state index < -0.39 is 68.8 Å². The molecule has 8 bridgehead atoms. The van der Waals surface area contributed by atoms with E-state index in [0.29, 0.717) is 31.1 Å². The fourth-order valence-corrected chi connectivity index (χ4v) is 9.82. The number of alkyl halides is 2. The number of rotatable bonds is 7. The minimum Gasteiger partial charge on any atom is -0.456 e. The van der Waals surface area contributed by atoms with Gasteiger partial charge in [-0.3, -0.25) is 9.35 Å². The molecule has 8 rings (SSSR count). The predicted octanol–water partition coefficient (Wildman–Crippen LogP) is 3.51. The first kappa shape index (κ1) is 26.4. The average Bonchev–Trinajstić information content (AvgIpc) is 2.81. The molecule has 8 aliphatic carbocycles. The van der Waals surface area contributed by atoms with Gasteiger partial charge < -0.3 is 14.2 Å². The van der Waals surface area contributed by atoms with Gasteiger partial charge in [0.1, 0.15) is 11.7 Å². The number of hydrogen-bond acceptors (Lipinski definition) is 8. The second-order valence-corrected chi connectivity index (χ2v) is 14.6. The van der Waals surface area contributed by atoms with Crippen molar-refractivity contribution in [1.29, 1.82) is 0 Å². The van der Waals surface area contributed by atoms with E-state index in [-0.39, 0.29) is 18.8 Å². The maximum Gasteiger partial charge on any atom is 0.465 e. The second-order valence-electron chi connectivity index (χ2n) is 13.2. The zero-order valence-corrected chi connectivity index (χ0v) is 22.1. The molecule has 8 fully saturated rings. The highest BCUT2D eigenvalue weighted by atomic mass is 32.2. The SMILES string of the molecule is CC1(OC(=O)COC(=O)C23CC4CC(C2)C(OC(=O)C(F)(F)S(=O)(=O)O)C(C4)C3)C2CC3CC(C2)CC1C3.